The van der Waals surface area contributed by atoms with Gasteiger partial charge in [0.25, 0.3) is 0 Å². The van der Waals surface area contributed by atoms with Gasteiger partial charge < -0.3 is 0 Å². The minimum atomic E-state index is 0.671. The molecule has 0 N–H and O–H groups in total. The molecule has 2 aliphatic carbocycles. The first-order valence-corrected chi connectivity index (χ1v) is 7.36. The maximum absolute atomic E-state index is 2.45. The van der Waals surface area contributed by atoms with Gasteiger partial charge in [0, 0.05) is 0 Å². The van der Waals surface area contributed by atoms with Crippen LogP contribution in [-0.4, -0.2) is 0 Å². The lowest BCUT2D eigenvalue weighted by atomic mass is 9.96. The highest BCUT2D eigenvalue weighted by Crippen LogP contribution is 2.30. The molecule has 2 rings (SSSR count). The van der Waals surface area contributed by atoms with E-state index in [2.05, 4.69) is 64.2 Å². The Morgan fingerprint density at radius 3 is 1.44 bits per heavy atom. The Bertz CT molecular complexity index is 362. The van der Waals surface area contributed by atoms with Crippen LogP contribution in [0.2, 0.25) is 0 Å². The topological polar surface area (TPSA) is 0 Å². The van der Waals surface area contributed by atoms with Crippen molar-refractivity contribution < 1.29 is 0 Å². The fraction of sp³-hybridized carbons (Fsp3) is 0.556. The van der Waals surface area contributed by atoms with Crippen LogP contribution < -0.4 is 0 Å². The molecule has 0 saturated carbocycles. The smallest absolute Gasteiger partial charge is 0.00440 e. The van der Waals surface area contributed by atoms with Gasteiger partial charge in [0.1, 0.15) is 0 Å². The van der Waals surface area contributed by atoms with Gasteiger partial charge >= 0.3 is 0 Å². The van der Waals surface area contributed by atoms with E-state index < -0.39 is 0 Å². The Balaban J connectivity index is 1.81. The molecule has 2 aliphatic rings. The van der Waals surface area contributed by atoms with Crippen LogP contribution in [0.1, 0.15) is 40.5 Å². The Hall–Kier alpha value is -1.04. The third kappa shape index (κ3) is 3.25. The summed E-state index contributed by atoms with van der Waals surface area (Å²) in [5.74, 6) is 2.69. The monoisotopic (exact) mass is 242 g/mol. The first kappa shape index (κ1) is 13.4. The molecule has 2 unspecified atom stereocenters. The molecule has 0 saturated heterocycles. The Kier molecular flexibility index (Phi) is 4.27. The van der Waals surface area contributed by atoms with E-state index >= 15 is 0 Å². The van der Waals surface area contributed by atoms with Crippen LogP contribution in [0.25, 0.3) is 0 Å². The second-order valence-corrected chi connectivity index (χ2v) is 6.27. The van der Waals surface area contributed by atoms with Gasteiger partial charge in [0.2, 0.25) is 0 Å². The molecule has 0 amide bonds. The van der Waals surface area contributed by atoms with Gasteiger partial charge in [-0.15, -0.1) is 0 Å². The standard InChI is InChI=1S/C18H26/c1-13(2)17-9-7-15(11-17)5-6-16-8-10-18(12-16)14(3)4/h7-16H,5-6H2,1-4H3. The molecule has 0 aromatic carbocycles. The summed E-state index contributed by atoms with van der Waals surface area (Å²) in [6.45, 7) is 9.09. The molecule has 0 radical (unpaired) electrons. The summed E-state index contributed by atoms with van der Waals surface area (Å²) in [6.07, 6.45) is 16.9. The van der Waals surface area contributed by atoms with Crippen LogP contribution in [-0.2, 0) is 0 Å². The predicted octanol–water partition coefficient (Wildman–Crippen LogP) is 5.30. The molecule has 0 spiro atoms. The number of allylic oxidation sites excluding steroid dienone is 8. The maximum Gasteiger partial charge on any atom is -0.00440 e. The van der Waals surface area contributed by atoms with Crippen molar-refractivity contribution in [2.24, 2.45) is 23.7 Å². The van der Waals surface area contributed by atoms with Gasteiger partial charge in [0.05, 0.1) is 0 Å². The summed E-state index contributed by atoms with van der Waals surface area (Å²) in [7, 11) is 0. The third-order valence-electron chi connectivity index (χ3n) is 4.05. The van der Waals surface area contributed by atoms with E-state index in [4.69, 9.17) is 0 Å². The molecule has 0 heterocycles. The summed E-state index contributed by atoms with van der Waals surface area (Å²) in [5, 5.41) is 0. The van der Waals surface area contributed by atoms with Crippen molar-refractivity contribution in [1.29, 1.82) is 0 Å². The molecule has 0 fully saturated rings. The summed E-state index contributed by atoms with van der Waals surface area (Å²) < 4.78 is 0. The van der Waals surface area contributed by atoms with Gasteiger partial charge in [0.15, 0.2) is 0 Å². The van der Waals surface area contributed by atoms with Gasteiger partial charge in [-0.2, -0.15) is 0 Å². The van der Waals surface area contributed by atoms with Crippen molar-refractivity contribution >= 4 is 0 Å². The molecule has 0 aromatic rings. The quantitative estimate of drug-likeness (QED) is 0.613. The van der Waals surface area contributed by atoms with E-state index in [0.717, 1.165) is 0 Å². The predicted molar refractivity (Wildman–Crippen MR) is 80.3 cm³/mol. The number of rotatable bonds is 5. The van der Waals surface area contributed by atoms with Crippen molar-refractivity contribution in [2.75, 3.05) is 0 Å². The molecule has 0 nitrogen and oxygen atoms in total. The molecular formula is C18H26. The zero-order chi connectivity index (χ0) is 13.1. The van der Waals surface area contributed by atoms with Crippen molar-refractivity contribution in [3.63, 3.8) is 0 Å². The van der Waals surface area contributed by atoms with Crippen LogP contribution in [0.4, 0.5) is 0 Å². The summed E-state index contributed by atoms with van der Waals surface area (Å²) in [4.78, 5) is 0. The van der Waals surface area contributed by atoms with Crippen LogP contribution in [0.15, 0.2) is 47.6 Å². The second-order valence-electron chi connectivity index (χ2n) is 6.27. The molecule has 0 aliphatic heterocycles. The minimum absolute atomic E-state index is 0.671. The van der Waals surface area contributed by atoms with E-state index in [-0.39, 0.29) is 0 Å². The third-order valence-corrected chi connectivity index (χ3v) is 4.05. The zero-order valence-electron chi connectivity index (χ0n) is 12.2. The van der Waals surface area contributed by atoms with E-state index in [9.17, 15) is 0 Å². The maximum atomic E-state index is 2.45. The first-order valence-electron chi connectivity index (χ1n) is 7.36. The van der Waals surface area contributed by atoms with Gasteiger partial charge in [-0.25, -0.2) is 0 Å². The van der Waals surface area contributed by atoms with Crippen LogP contribution >= 0.6 is 0 Å². The molecule has 18 heavy (non-hydrogen) atoms. The largest absolute Gasteiger partial charge is 0.0773 e. The highest BCUT2D eigenvalue weighted by Gasteiger charge is 2.15. The molecular weight excluding hydrogens is 216 g/mol. The Labute approximate surface area is 112 Å². The average molecular weight is 242 g/mol. The van der Waals surface area contributed by atoms with Gasteiger partial charge in [-0.05, 0) is 47.7 Å². The fourth-order valence-electron chi connectivity index (χ4n) is 2.70. The Morgan fingerprint density at radius 1 is 0.778 bits per heavy atom. The van der Waals surface area contributed by atoms with Crippen molar-refractivity contribution in [3.05, 3.63) is 47.6 Å². The van der Waals surface area contributed by atoms with Crippen molar-refractivity contribution in [3.8, 4) is 0 Å². The van der Waals surface area contributed by atoms with Crippen LogP contribution in [0, 0.1) is 23.7 Å². The lowest BCUT2D eigenvalue weighted by molar-refractivity contribution is 0.599. The highest BCUT2D eigenvalue weighted by molar-refractivity contribution is 5.32. The molecule has 0 aromatic heterocycles. The van der Waals surface area contributed by atoms with Gasteiger partial charge in [-0.1, -0.05) is 64.2 Å². The number of hydrogen-bond donors (Lipinski definition) is 0. The van der Waals surface area contributed by atoms with E-state index in [1.807, 2.05) is 0 Å². The van der Waals surface area contributed by atoms with Crippen LogP contribution in [0.5, 0.6) is 0 Å². The molecule has 0 bridgehead atoms. The summed E-state index contributed by atoms with van der Waals surface area (Å²) in [5.41, 5.74) is 3.03. The SMILES string of the molecule is CC(C)C1=CC(CCC2C=CC(C(C)C)=C2)C=C1. The normalized spacial score (nSPS) is 26.3. The fourth-order valence-corrected chi connectivity index (χ4v) is 2.70. The minimum Gasteiger partial charge on any atom is -0.0773 e. The average Bonchev–Trinajstić information content (AvgIpc) is 2.95. The van der Waals surface area contributed by atoms with Crippen LogP contribution in [0.3, 0.4) is 0 Å². The lowest BCUT2D eigenvalue weighted by Crippen LogP contribution is -1.97. The summed E-state index contributed by atoms with van der Waals surface area (Å²) in [6, 6.07) is 0. The first-order chi connectivity index (χ1) is 8.56. The van der Waals surface area contributed by atoms with E-state index in [0.29, 0.717) is 23.7 Å². The molecule has 2 atom stereocenters. The van der Waals surface area contributed by atoms with E-state index in [1.165, 1.54) is 24.0 Å². The number of hydrogen-bond acceptors (Lipinski definition) is 0. The van der Waals surface area contributed by atoms with E-state index in [1.54, 1.807) is 0 Å². The lowest BCUT2D eigenvalue weighted by Gasteiger charge is -2.09. The zero-order valence-corrected chi connectivity index (χ0v) is 12.2. The van der Waals surface area contributed by atoms with Crippen molar-refractivity contribution in [1.82, 2.24) is 0 Å². The molecule has 98 valence electrons. The molecule has 0 heteroatoms. The van der Waals surface area contributed by atoms with Gasteiger partial charge in [-0.3, -0.25) is 0 Å². The summed E-state index contributed by atoms with van der Waals surface area (Å²) >= 11 is 0. The second kappa shape index (κ2) is 5.73. The highest BCUT2D eigenvalue weighted by atomic mass is 14.2. The van der Waals surface area contributed by atoms with Crippen molar-refractivity contribution in [2.45, 2.75) is 40.5 Å². The Morgan fingerprint density at radius 2 is 1.17 bits per heavy atom.